The molecule has 94 valence electrons. The van der Waals surface area contributed by atoms with Crippen molar-refractivity contribution in [1.82, 2.24) is 9.97 Å². The van der Waals surface area contributed by atoms with E-state index in [1.807, 2.05) is 25.1 Å². The predicted octanol–water partition coefficient (Wildman–Crippen LogP) is 4.05. The first-order valence-electron chi connectivity index (χ1n) is 6.00. The van der Waals surface area contributed by atoms with Gasteiger partial charge in [0.2, 0.25) is 5.88 Å². The minimum atomic E-state index is 0.453. The third-order valence-corrected chi connectivity index (χ3v) is 3.05. The van der Waals surface area contributed by atoms with Gasteiger partial charge in [0.25, 0.3) is 0 Å². The molecule has 0 saturated heterocycles. The SMILES string of the molecule is CCc1cccc(Oc2ncnc(Cl)c2CC)c1. The zero-order valence-corrected chi connectivity index (χ0v) is 11.2. The number of ether oxygens (including phenoxy) is 1. The van der Waals surface area contributed by atoms with Crippen molar-refractivity contribution < 1.29 is 4.74 Å². The van der Waals surface area contributed by atoms with Crippen molar-refractivity contribution in [3.63, 3.8) is 0 Å². The number of nitrogens with zero attached hydrogens (tertiary/aromatic N) is 2. The molecule has 2 rings (SSSR count). The second-order valence-electron chi connectivity index (χ2n) is 3.90. The lowest BCUT2D eigenvalue weighted by Gasteiger charge is -2.10. The van der Waals surface area contributed by atoms with Crippen LogP contribution in [0.4, 0.5) is 0 Å². The number of halogens is 1. The van der Waals surface area contributed by atoms with Crippen LogP contribution in [0.15, 0.2) is 30.6 Å². The number of aromatic nitrogens is 2. The standard InChI is InChI=1S/C14H15ClN2O/c1-3-10-6-5-7-11(8-10)18-14-12(4-2)13(15)16-9-17-14/h5-9H,3-4H2,1-2H3. The van der Waals surface area contributed by atoms with E-state index >= 15 is 0 Å². The van der Waals surface area contributed by atoms with E-state index < -0.39 is 0 Å². The Balaban J connectivity index is 2.30. The van der Waals surface area contributed by atoms with Gasteiger partial charge in [-0.05, 0) is 30.5 Å². The number of rotatable bonds is 4. The van der Waals surface area contributed by atoms with Crippen LogP contribution in [0, 0.1) is 0 Å². The topological polar surface area (TPSA) is 35.0 Å². The van der Waals surface area contributed by atoms with Gasteiger partial charge in [0.05, 0.1) is 5.56 Å². The highest BCUT2D eigenvalue weighted by atomic mass is 35.5. The summed E-state index contributed by atoms with van der Waals surface area (Å²) in [6.45, 7) is 4.11. The average molecular weight is 263 g/mol. The molecule has 0 radical (unpaired) electrons. The first-order chi connectivity index (χ1) is 8.74. The van der Waals surface area contributed by atoms with Crippen molar-refractivity contribution in [2.45, 2.75) is 26.7 Å². The van der Waals surface area contributed by atoms with E-state index in [0.717, 1.165) is 24.2 Å². The van der Waals surface area contributed by atoms with E-state index in [1.165, 1.54) is 11.9 Å². The Kier molecular flexibility index (Phi) is 4.15. The predicted molar refractivity (Wildman–Crippen MR) is 72.3 cm³/mol. The molecule has 2 aromatic rings. The van der Waals surface area contributed by atoms with Crippen LogP contribution >= 0.6 is 11.6 Å². The summed E-state index contributed by atoms with van der Waals surface area (Å²) in [6.07, 6.45) is 3.13. The summed E-state index contributed by atoms with van der Waals surface area (Å²) in [6, 6.07) is 7.97. The Morgan fingerprint density at radius 3 is 2.72 bits per heavy atom. The maximum atomic E-state index is 6.02. The molecule has 3 nitrogen and oxygen atoms in total. The minimum Gasteiger partial charge on any atom is -0.439 e. The van der Waals surface area contributed by atoms with Crippen LogP contribution in [0.5, 0.6) is 11.6 Å². The van der Waals surface area contributed by atoms with Gasteiger partial charge in [0.15, 0.2) is 0 Å². The third kappa shape index (κ3) is 2.79. The lowest BCUT2D eigenvalue weighted by molar-refractivity contribution is 0.454. The Morgan fingerprint density at radius 1 is 1.17 bits per heavy atom. The van der Waals surface area contributed by atoms with Gasteiger partial charge in [0.1, 0.15) is 17.2 Å². The Hall–Kier alpha value is -1.61. The molecule has 0 N–H and O–H groups in total. The first kappa shape index (κ1) is 12.8. The lowest BCUT2D eigenvalue weighted by atomic mass is 10.2. The first-order valence-corrected chi connectivity index (χ1v) is 6.38. The summed E-state index contributed by atoms with van der Waals surface area (Å²) >= 11 is 6.02. The van der Waals surface area contributed by atoms with Crippen molar-refractivity contribution >= 4 is 11.6 Å². The molecule has 0 spiro atoms. The zero-order chi connectivity index (χ0) is 13.0. The minimum absolute atomic E-state index is 0.453. The fourth-order valence-corrected chi connectivity index (χ4v) is 1.96. The fraction of sp³-hybridized carbons (Fsp3) is 0.286. The van der Waals surface area contributed by atoms with Gasteiger partial charge in [0, 0.05) is 0 Å². The maximum Gasteiger partial charge on any atom is 0.226 e. The van der Waals surface area contributed by atoms with Crippen molar-refractivity contribution in [1.29, 1.82) is 0 Å². The van der Waals surface area contributed by atoms with Crippen molar-refractivity contribution in [3.8, 4) is 11.6 Å². The molecule has 1 aromatic carbocycles. The molecule has 0 bridgehead atoms. The van der Waals surface area contributed by atoms with Crippen LogP contribution in [-0.2, 0) is 12.8 Å². The van der Waals surface area contributed by atoms with E-state index in [1.54, 1.807) is 0 Å². The van der Waals surface area contributed by atoms with Gasteiger partial charge in [-0.25, -0.2) is 9.97 Å². The monoisotopic (exact) mass is 262 g/mol. The molecule has 0 unspecified atom stereocenters. The average Bonchev–Trinajstić information content (AvgIpc) is 2.39. The summed E-state index contributed by atoms with van der Waals surface area (Å²) in [5, 5.41) is 0.453. The number of benzene rings is 1. The van der Waals surface area contributed by atoms with Gasteiger partial charge in [-0.15, -0.1) is 0 Å². The summed E-state index contributed by atoms with van der Waals surface area (Å²) in [5.41, 5.74) is 2.06. The largest absolute Gasteiger partial charge is 0.439 e. The second-order valence-corrected chi connectivity index (χ2v) is 4.26. The Labute approximate surface area is 112 Å². The van der Waals surface area contributed by atoms with Crippen molar-refractivity contribution in [2.24, 2.45) is 0 Å². The summed E-state index contributed by atoms with van der Waals surface area (Å²) < 4.78 is 5.79. The fourth-order valence-electron chi connectivity index (χ4n) is 1.70. The summed E-state index contributed by atoms with van der Waals surface area (Å²) in [5.74, 6) is 1.31. The van der Waals surface area contributed by atoms with Gasteiger partial charge in [-0.1, -0.05) is 37.6 Å². The molecule has 18 heavy (non-hydrogen) atoms. The van der Waals surface area contributed by atoms with Crippen LogP contribution in [0.1, 0.15) is 25.0 Å². The molecule has 4 heteroatoms. The van der Waals surface area contributed by atoms with Crippen LogP contribution in [-0.4, -0.2) is 9.97 Å². The third-order valence-electron chi connectivity index (χ3n) is 2.73. The highest BCUT2D eigenvalue weighted by Crippen LogP contribution is 2.27. The summed E-state index contributed by atoms with van der Waals surface area (Å²) in [7, 11) is 0. The van der Waals surface area contributed by atoms with E-state index in [0.29, 0.717) is 11.0 Å². The maximum absolute atomic E-state index is 6.02. The van der Waals surface area contributed by atoms with Crippen LogP contribution < -0.4 is 4.74 Å². The molecule has 0 aliphatic heterocycles. The van der Waals surface area contributed by atoms with E-state index in [-0.39, 0.29) is 0 Å². The number of hydrogen-bond acceptors (Lipinski definition) is 3. The van der Waals surface area contributed by atoms with E-state index in [4.69, 9.17) is 16.3 Å². The molecular weight excluding hydrogens is 248 g/mol. The van der Waals surface area contributed by atoms with Crippen LogP contribution in [0.3, 0.4) is 0 Å². The Bertz CT molecular complexity index is 543. The normalized spacial score (nSPS) is 10.4. The molecule has 0 saturated carbocycles. The number of aryl methyl sites for hydroxylation is 1. The van der Waals surface area contributed by atoms with Crippen molar-refractivity contribution in [3.05, 3.63) is 46.9 Å². The van der Waals surface area contributed by atoms with Crippen LogP contribution in [0.2, 0.25) is 5.15 Å². The lowest BCUT2D eigenvalue weighted by Crippen LogP contribution is -1.97. The number of hydrogen-bond donors (Lipinski definition) is 0. The van der Waals surface area contributed by atoms with Gasteiger partial charge >= 0.3 is 0 Å². The summed E-state index contributed by atoms with van der Waals surface area (Å²) in [4.78, 5) is 8.10. The molecule has 1 heterocycles. The van der Waals surface area contributed by atoms with E-state index in [9.17, 15) is 0 Å². The highest BCUT2D eigenvalue weighted by molar-refractivity contribution is 6.30. The molecular formula is C14H15ClN2O. The smallest absolute Gasteiger partial charge is 0.226 e. The van der Waals surface area contributed by atoms with Crippen molar-refractivity contribution in [2.75, 3.05) is 0 Å². The highest BCUT2D eigenvalue weighted by Gasteiger charge is 2.10. The Morgan fingerprint density at radius 2 is 2.00 bits per heavy atom. The van der Waals surface area contributed by atoms with Gasteiger partial charge < -0.3 is 4.74 Å². The molecule has 0 fully saturated rings. The molecule has 1 aromatic heterocycles. The van der Waals surface area contributed by atoms with E-state index in [2.05, 4.69) is 23.0 Å². The van der Waals surface area contributed by atoms with Gasteiger partial charge in [-0.2, -0.15) is 0 Å². The zero-order valence-electron chi connectivity index (χ0n) is 10.5. The quantitative estimate of drug-likeness (QED) is 0.780. The molecule has 0 aliphatic rings. The molecule has 0 amide bonds. The van der Waals surface area contributed by atoms with Gasteiger partial charge in [-0.3, -0.25) is 0 Å². The second kappa shape index (κ2) is 5.83. The molecule has 0 atom stereocenters. The molecule has 0 aliphatic carbocycles. The van der Waals surface area contributed by atoms with Crippen LogP contribution in [0.25, 0.3) is 0 Å².